The van der Waals surface area contributed by atoms with Crippen molar-refractivity contribution in [3.05, 3.63) is 12.7 Å². The maximum Gasteiger partial charge on any atom is 0.104 e. The molecule has 156 valence electrons. The highest BCUT2D eigenvalue weighted by molar-refractivity contribution is 4.65. The zero-order valence-corrected chi connectivity index (χ0v) is 17.0. The summed E-state index contributed by atoms with van der Waals surface area (Å²) in [6.07, 6.45) is 13.5. The van der Waals surface area contributed by atoms with Crippen molar-refractivity contribution in [1.29, 1.82) is 0 Å². The zero-order valence-electron chi connectivity index (χ0n) is 17.0. The minimum absolute atomic E-state index is 0.0354. The van der Waals surface area contributed by atoms with E-state index in [-0.39, 0.29) is 12.7 Å². The molecule has 0 amide bonds. The van der Waals surface area contributed by atoms with Crippen LogP contribution in [0.4, 0.5) is 0 Å². The molecular weight excluding hydrogens is 332 g/mol. The molecule has 0 saturated carbocycles. The van der Waals surface area contributed by atoms with Crippen LogP contribution >= 0.6 is 0 Å². The number of hydrogen-bond acceptors (Lipinski definition) is 5. The Morgan fingerprint density at radius 3 is 2.08 bits per heavy atom. The fourth-order valence-corrected chi connectivity index (χ4v) is 2.60. The second-order valence-electron chi connectivity index (χ2n) is 6.56. The Morgan fingerprint density at radius 1 is 0.769 bits per heavy atom. The normalized spacial score (nSPS) is 12.4. The Kier molecular flexibility index (Phi) is 22.2. The van der Waals surface area contributed by atoms with Gasteiger partial charge < -0.3 is 24.1 Å². The Balaban J connectivity index is 3.56. The lowest BCUT2D eigenvalue weighted by Gasteiger charge is -2.18. The third kappa shape index (κ3) is 19.9. The van der Waals surface area contributed by atoms with E-state index in [9.17, 15) is 0 Å². The van der Waals surface area contributed by atoms with E-state index in [2.05, 4.69) is 13.5 Å². The molecule has 0 aliphatic carbocycles. The highest BCUT2D eigenvalue weighted by Gasteiger charge is 2.09. The molecule has 0 aliphatic rings. The Bertz CT molecular complexity index is 273. The molecule has 0 aromatic rings. The molecule has 1 unspecified atom stereocenters. The van der Waals surface area contributed by atoms with Crippen molar-refractivity contribution in [1.82, 2.24) is 0 Å². The van der Waals surface area contributed by atoms with Crippen LogP contribution in [0.3, 0.4) is 0 Å². The van der Waals surface area contributed by atoms with E-state index in [0.29, 0.717) is 39.6 Å². The number of unbranched alkanes of at least 4 members (excludes halogenated alkanes) is 8. The lowest BCUT2D eigenvalue weighted by Crippen LogP contribution is -2.27. The summed E-state index contributed by atoms with van der Waals surface area (Å²) in [6, 6.07) is 0. The van der Waals surface area contributed by atoms with Gasteiger partial charge in [-0.3, -0.25) is 0 Å². The predicted octanol–water partition coefficient (Wildman–Crippen LogP) is 4.13. The van der Waals surface area contributed by atoms with Crippen molar-refractivity contribution < 1.29 is 24.1 Å². The van der Waals surface area contributed by atoms with E-state index >= 15 is 0 Å². The summed E-state index contributed by atoms with van der Waals surface area (Å²) in [7, 11) is 0. The average molecular weight is 375 g/mol. The summed E-state index contributed by atoms with van der Waals surface area (Å²) in [5.74, 6) is 0. The summed E-state index contributed by atoms with van der Waals surface area (Å²) >= 11 is 0. The van der Waals surface area contributed by atoms with Crippen molar-refractivity contribution in [2.75, 3.05) is 52.9 Å². The van der Waals surface area contributed by atoms with Crippen LogP contribution in [-0.2, 0) is 18.9 Å². The van der Waals surface area contributed by atoms with Gasteiger partial charge in [0.2, 0.25) is 0 Å². The number of ether oxygens (including phenoxy) is 4. The van der Waals surface area contributed by atoms with Crippen molar-refractivity contribution in [3.63, 3.8) is 0 Å². The molecule has 0 heterocycles. The maximum atomic E-state index is 8.67. The third-order valence-corrected chi connectivity index (χ3v) is 4.05. The highest BCUT2D eigenvalue weighted by Crippen LogP contribution is 2.09. The lowest BCUT2D eigenvalue weighted by atomic mass is 10.1. The summed E-state index contributed by atoms with van der Waals surface area (Å²) < 4.78 is 22.2. The molecule has 0 rings (SSSR count). The van der Waals surface area contributed by atoms with Crippen LogP contribution in [0.1, 0.15) is 64.7 Å². The Labute approximate surface area is 161 Å². The molecular formula is C21H42O5. The first-order valence-electron chi connectivity index (χ1n) is 10.4. The van der Waals surface area contributed by atoms with Gasteiger partial charge in [-0.25, -0.2) is 0 Å². The van der Waals surface area contributed by atoms with Crippen LogP contribution in [0.5, 0.6) is 0 Å². The molecule has 0 spiro atoms. The van der Waals surface area contributed by atoms with E-state index in [0.717, 1.165) is 13.0 Å². The fourth-order valence-electron chi connectivity index (χ4n) is 2.60. The van der Waals surface area contributed by atoms with Gasteiger partial charge in [-0.15, -0.1) is 6.58 Å². The van der Waals surface area contributed by atoms with E-state index in [1.165, 1.54) is 51.4 Å². The van der Waals surface area contributed by atoms with Gasteiger partial charge in [0.15, 0.2) is 0 Å². The monoisotopic (exact) mass is 374 g/mol. The second kappa shape index (κ2) is 22.6. The molecule has 0 bridgehead atoms. The van der Waals surface area contributed by atoms with Gasteiger partial charge in [0.1, 0.15) is 6.10 Å². The number of aliphatic hydroxyl groups excluding tert-OH is 1. The van der Waals surface area contributed by atoms with E-state index in [1.807, 2.05) is 0 Å². The van der Waals surface area contributed by atoms with Crippen LogP contribution in [0.25, 0.3) is 0 Å². The van der Waals surface area contributed by atoms with E-state index in [4.69, 9.17) is 24.1 Å². The van der Waals surface area contributed by atoms with Crippen LogP contribution < -0.4 is 0 Å². The Morgan fingerprint density at radius 2 is 1.42 bits per heavy atom. The summed E-state index contributed by atoms with van der Waals surface area (Å²) in [6.45, 7) is 9.54. The molecule has 0 fully saturated rings. The van der Waals surface area contributed by atoms with E-state index in [1.54, 1.807) is 6.08 Å². The largest absolute Gasteiger partial charge is 0.394 e. The standard InChI is InChI=1S/C21H42O5/c1-3-5-6-7-8-9-10-11-12-15-25-20-21(19-24-14-4-2)26-18-17-23-16-13-22/h4,21-22H,2-3,5-20H2,1H3. The van der Waals surface area contributed by atoms with Crippen molar-refractivity contribution in [3.8, 4) is 0 Å². The van der Waals surface area contributed by atoms with Gasteiger partial charge in [-0.2, -0.15) is 0 Å². The molecule has 0 radical (unpaired) electrons. The second-order valence-corrected chi connectivity index (χ2v) is 6.56. The van der Waals surface area contributed by atoms with Crippen LogP contribution in [-0.4, -0.2) is 64.1 Å². The number of rotatable bonds is 22. The van der Waals surface area contributed by atoms with Crippen LogP contribution in [0.2, 0.25) is 0 Å². The predicted molar refractivity (Wildman–Crippen MR) is 107 cm³/mol. The molecule has 1 N–H and O–H groups in total. The summed E-state index contributed by atoms with van der Waals surface area (Å²) in [4.78, 5) is 0. The molecule has 0 aromatic heterocycles. The Hall–Kier alpha value is -0.460. The quantitative estimate of drug-likeness (QED) is 0.228. The smallest absolute Gasteiger partial charge is 0.104 e. The summed E-state index contributed by atoms with van der Waals surface area (Å²) in [5, 5.41) is 8.67. The first-order chi connectivity index (χ1) is 12.8. The zero-order chi connectivity index (χ0) is 19.1. The SMILES string of the molecule is C=CCOCC(COCCCCCCCCCCC)OCCOCCO. The number of aliphatic hydroxyl groups is 1. The minimum atomic E-state index is -0.0914. The number of hydrogen-bond donors (Lipinski definition) is 1. The molecule has 0 saturated heterocycles. The first kappa shape index (κ1) is 25.5. The fraction of sp³-hybridized carbons (Fsp3) is 0.905. The van der Waals surface area contributed by atoms with Crippen molar-refractivity contribution >= 4 is 0 Å². The summed E-state index contributed by atoms with van der Waals surface area (Å²) in [5.41, 5.74) is 0. The van der Waals surface area contributed by atoms with Gasteiger partial charge >= 0.3 is 0 Å². The third-order valence-electron chi connectivity index (χ3n) is 4.05. The van der Waals surface area contributed by atoms with Crippen molar-refractivity contribution in [2.24, 2.45) is 0 Å². The maximum absolute atomic E-state index is 8.67. The van der Waals surface area contributed by atoms with Crippen LogP contribution in [0, 0.1) is 0 Å². The van der Waals surface area contributed by atoms with Gasteiger partial charge in [0.05, 0.1) is 46.2 Å². The van der Waals surface area contributed by atoms with Crippen molar-refractivity contribution in [2.45, 2.75) is 70.8 Å². The van der Waals surface area contributed by atoms with E-state index < -0.39 is 0 Å². The van der Waals surface area contributed by atoms with Gasteiger partial charge in [0, 0.05) is 6.61 Å². The topological polar surface area (TPSA) is 57.2 Å². The van der Waals surface area contributed by atoms with Gasteiger partial charge in [-0.1, -0.05) is 64.4 Å². The van der Waals surface area contributed by atoms with Crippen LogP contribution in [0.15, 0.2) is 12.7 Å². The lowest BCUT2D eigenvalue weighted by molar-refractivity contribution is -0.0716. The highest BCUT2D eigenvalue weighted by atomic mass is 16.6. The molecule has 26 heavy (non-hydrogen) atoms. The minimum Gasteiger partial charge on any atom is -0.394 e. The molecule has 5 heteroatoms. The average Bonchev–Trinajstić information content (AvgIpc) is 2.65. The van der Waals surface area contributed by atoms with Gasteiger partial charge in [0.25, 0.3) is 0 Å². The molecule has 0 aromatic carbocycles. The van der Waals surface area contributed by atoms with Gasteiger partial charge in [-0.05, 0) is 6.42 Å². The molecule has 5 nitrogen and oxygen atoms in total. The first-order valence-corrected chi connectivity index (χ1v) is 10.4. The molecule has 0 aliphatic heterocycles. The molecule has 1 atom stereocenters.